The van der Waals surface area contributed by atoms with Crippen molar-refractivity contribution in [2.75, 3.05) is 12.8 Å². The van der Waals surface area contributed by atoms with Gasteiger partial charge in [0, 0.05) is 16.2 Å². The zero-order chi connectivity index (χ0) is 14.5. The van der Waals surface area contributed by atoms with Crippen LogP contribution in [0.5, 0.6) is 0 Å². The third-order valence-electron chi connectivity index (χ3n) is 3.36. The number of thiophene rings is 1. The summed E-state index contributed by atoms with van der Waals surface area (Å²) >= 11 is 2.81. The number of sulfonamides is 1. The topological polar surface area (TPSA) is 66.4 Å². The van der Waals surface area contributed by atoms with Gasteiger partial charge in [-0.3, -0.25) is 0 Å². The SMILES string of the molecule is CCC(CC)(CNS(=O)(=O)c1ccc(CO)s1)SC. The van der Waals surface area contributed by atoms with E-state index < -0.39 is 10.0 Å². The third kappa shape index (κ3) is 4.19. The van der Waals surface area contributed by atoms with E-state index in [9.17, 15) is 8.42 Å². The van der Waals surface area contributed by atoms with Crippen LogP contribution in [0.2, 0.25) is 0 Å². The number of aliphatic hydroxyl groups is 1. The first kappa shape index (κ1) is 17.0. The first-order chi connectivity index (χ1) is 8.93. The summed E-state index contributed by atoms with van der Waals surface area (Å²) in [7, 11) is -3.47. The van der Waals surface area contributed by atoms with Gasteiger partial charge in [0.25, 0.3) is 0 Å². The highest BCUT2D eigenvalue weighted by atomic mass is 32.2. The first-order valence-electron chi connectivity index (χ1n) is 6.17. The predicted molar refractivity (Wildman–Crippen MR) is 82.3 cm³/mol. The zero-order valence-corrected chi connectivity index (χ0v) is 13.9. The maximum absolute atomic E-state index is 12.2. The summed E-state index contributed by atoms with van der Waals surface area (Å²) in [6.07, 6.45) is 3.84. The summed E-state index contributed by atoms with van der Waals surface area (Å²) in [5.74, 6) is 0. The van der Waals surface area contributed by atoms with Gasteiger partial charge in [0.05, 0.1) is 6.61 Å². The molecule has 1 rings (SSSR count). The lowest BCUT2D eigenvalue weighted by molar-refractivity contribution is 0.285. The Kier molecular flexibility index (Phi) is 6.32. The largest absolute Gasteiger partial charge is 0.391 e. The lowest BCUT2D eigenvalue weighted by atomic mass is 10.0. The summed E-state index contributed by atoms with van der Waals surface area (Å²) < 4.78 is 27.2. The monoisotopic (exact) mass is 323 g/mol. The summed E-state index contributed by atoms with van der Waals surface area (Å²) in [5.41, 5.74) is 0. The minimum absolute atomic E-state index is 0.0515. The Balaban J connectivity index is 2.80. The molecule has 0 atom stereocenters. The number of hydrogen-bond acceptors (Lipinski definition) is 5. The van der Waals surface area contributed by atoms with Crippen molar-refractivity contribution >= 4 is 33.1 Å². The molecular formula is C12H21NO3S3. The fourth-order valence-electron chi connectivity index (χ4n) is 1.75. The van der Waals surface area contributed by atoms with Crippen LogP contribution in [-0.4, -0.2) is 31.1 Å². The van der Waals surface area contributed by atoms with E-state index >= 15 is 0 Å². The fourth-order valence-corrected chi connectivity index (χ4v) is 5.02. The molecule has 0 aliphatic rings. The Labute approximate surface area is 123 Å². The molecular weight excluding hydrogens is 302 g/mol. The quantitative estimate of drug-likeness (QED) is 0.771. The van der Waals surface area contributed by atoms with Crippen LogP contribution < -0.4 is 4.72 Å². The predicted octanol–water partition coefficient (Wildman–Crippen LogP) is 2.44. The van der Waals surface area contributed by atoms with Gasteiger partial charge in [0.2, 0.25) is 10.0 Å². The summed E-state index contributed by atoms with van der Waals surface area (Å²) in [5, 5.41) is 8.98. The molecule has 110 valence electrons. The van der Waals surface area contributed by atoms with E-state index in [1.807, 2.05) is 6.26 Å². The van der Waals surface area contributed by atoms with Crippen LogP contribution in [0.25, 0.3) is 0 Å². The van der Waals surface area contributed by atoms with Crippen molar-refractivity contribution in [1.82, 2.24) is 4.72 Å². The fraction of sp³-hybridized carbons (Fsp3) is 0.667. The molecule has 7 heteroatoms. The van der Waals surface area contributed by atoms with Gasteiger partial charge in [-0.05, 0) is 31.2 Å². The molecule has 0 radical (unpaired) electrons. The standard InChI is InChI=1S/C12H21NO3S3/c1-4-12(5-2,17-3)9-13-19(15,16)11-7-6-10(8-14)18-11/h6-7,13-14H,4-5,8-9H2,1-3H3. The molecule has 0 fully saturated rings. The maximum Gasteiger partial charge on any atom is 0.250 e. The van der Waals surface area contributed by atoms with Crippen molar-refractivity contribution in [3.63, 3.8) is 0 Å². The molecule has 0 saturated carbocycles. The Morgan fingerprint density at radius 1 is 1.37 bits per heavy atom. The van der Waals surface area contributed by atoms with E-state index in [1.165, 1.54) is 6.07 Å². The normalized spacial score (nSPS) is 12.8. The molecule has 0 aliphatic heterocycles. The van der Waals surface area contributed by atoms with Gasteiger partial charge in [-0.2, -0.15) is 11.8 Å². The van der Waals surface area contributed by atoms with Gasteiger partial charge in [-0.25, -0.2) is 13.1 Å². The van der Waals surface area contributed by atoms with Crippen molar-refractivity contribution in [2.45, 2.75) is 42.3 Å². The van der Waals surface area contributed by atoms with E-state index in [0.717, 1.165) is 24.2 Å². The molecule has 0 spiro atoms. The molecule has 0 saturated heterocycles. The molecule has 0 aromatic carbocycles. The highest BCUT2D eigenvalue weighted by Crippen LogP contribution is 2.30. The Morgan fingerprint density at radius 3 is 2.42 bits per heavy atom. The number of thioether (sulfide) groups is 1. The maximum atomic E-state index is 12.2. The van der Waals surface area contributed by atoms with Gasteiger partial charge in [-0.1, -0.05) is 13.8 Å². The van der Waals surface area contributed by atoms with Crippen LogP contribution in [0.15, 0.2) is 16.3 Å². The van der Waals surface area contributed by atoms with Crippen molar-refractivity contribution < 1.29 is 13.5 Å². The molecule has 0 bridgehead atoms. The van der Waals surface area contributed by atoms with Crippen LogP contribution in [0, 0.1) is 0 Å². The Morgan fingerprint density at radius 2 is 2.00 bits per heavy atom. The minimum atomic E-state index is -3.47. The lowest BCUT2D eigenvalue weighted by Crippen LogP contribution is -2.39. The van der Waals surface area contributed by atoms with Gasteiger partial charge in [0.15, 0.2) is 0 Å². The van der Waals surface area contributed by atoms with Crippen LogP contribution in [0.4, 0.5) is 0 Å². The number of nitrogens with one attached hydrogen (secondary N) is 1. The van der Waals surface area contributed by atoms with Crippen molar-refractivity contribution in [3.8, 4) is 0 Å². The zero-order valence-electron chi connectivity index (χ0n) is 11.5. The summed E-state index contributed by atoms with van der Waals surface area (Å²) in [4.78, 5) is 0.655. The molecule has 2 N–H and O–H groups in total. The second-order valence-electron chi connectivity index (χ2n) is 4.30. The van der Waals surface area contributed by atoms with Crippen molar-refractivity contribution in [2.24, 2.45) is 0 Å². The molecule has 1 aromatic heterocycles. The summed E-state index contributed by atoms with van der Waals surface area (Å²) in [6, 6.07) is 3.18. The molecule has 4 nitrogen and oxygen atoms in total. The van der Waals surface area contributed by atoms with E-state index in [1.54, 1.807) is 17.8 Å². The number of rotatable bonds is 8. The average molecular weight is 324 g/mol. The van der Waals surface area contributed by atoms with Crippen molar-refractivity contribution in [3.05, 3.63) is 17.0 Å². The van der Waals surface area contributed by atoms with Crippen LogP contribution in [0.3, 0.4) is 0 Å². The highest BCUT2D eigenvalue weighted by molar-refractivity contribution is 8.00. The van der Waals surface area contributed by atoms with Gasteiger partial charge in [0.1, 0.15) is 4.21 Å². The van der Waals surface area contributed by atoms with Crippen LogP contribution >= 0.6 is 23.1 Å². The second-order valence-corrected chi connectivity index (χ2v) is 8.73. The lowest BCUT2D eigenvalue weighted by Gasteiger charge is -2.29. The average Bonchev–Trinajstić information content (AvgIpc) is 2.90. The smallest absolute Gasteiger partial charge is 0.250 e. The molecule has 1 heterocycles. The van der Waals surface area contributed by atoms with Crippen LogP contribution in [0.1, 0.15) is 31.6 Å². The van der Waals surface area contributed by atoms with Crippen molar-refractivity contribution in [1.29, 1.82) is 0 Å². The first-order valence-corrected chi connectivity index (χ1v) is 9.70. The van der Waals surface area contributed by atoms with E-state index in [2.05, 4.69) is 18.6 Å². The summed E-state index contributed by atoms with van der Waals surface area (Å²) in [6.45, 7) is 4.45. The number of hydrogen-bond donors (Lipinski definition) is 2. The Bertz CT molecular complexity index is 484. The van der Waals surface area contributed by atoms with Gasteiger partial charge < -0.3 is 5.11 Å². The van der Waals surface area contributed by atoms with E-state index in [0.29, 0.717) is 11.4 Å². The van der Waals surface area contributed by atoms with E-state index in [4.69, 9.17) is 5.11 Å². The molecule has 0 aliphatic carbocycles. The molecule has 0 amide bonds. The van der Waals surface area contributed by atoms with Crippen LogP contribution in [-0.2, 0) is 16.6 Å². The minimum Gasteiger partial charge on any atom is -0.391 e. The number of aliphatic hydroxyl groups excluding tert-OH is 1. The molecule has 19 heavy (non-hydrogen) atoms. The van der Waals surface area contributed by atoms with Gasteiger partial charge in [-0.15, -0.1) is 11.3 Å². The Hall–Kier alpha value is -0.0800. The van der Waals surface area contributed by atoms with Gasteiger partial charge >= 0.3 is 0 Å². The molecule has 1 aromatic rings. The highest BCUT2D eigenvalue weighted by Gasteiger charge is 2.28. The van der Waals surface area contributed by atoms with E-state index in [-0.39, 0.29) is 15.6 Å². The third-order valence-corrected chi connectivity index (χ3v) is 7.91. The second kappa shape index (κ2) is 7.08. The molecule has 0 unspecified atom stereocenters.